The van der Waals surface area contributed by atoms with Crippen molar-refractivity contribution >= 4 is 0 Å². The molecule has 2 nitrogen and oxygen atoms in total. The fourth-order valence-corrected chi connectivity index (χ4v) is 0. The summed E-state index contributed by atoms with van der Waals surface area (Å²) < 4.78 is 0. The second kappa shape index (κ2) is 139. The van der Waals surface area contributed by atoms with E-state index in [0.717, 1.165) is 0 Å². The van der Waals surface area contributed by atoms with Crippen LogP contribution in [0.25, 0.3) is 0 Å². The molecule has 0 bridgehead atoms. The summed E-state index contributed by atoms with van der Waals surface area (Å²) in [6.45, 7) is 0. The Bertz CT molecular complexity index is 6.00. The Morgan fingerprint density at radius 1 is 0.750 bits per heavy atom. The van der Waals surface area contributed by atoms with Crippen LogP contribution in [0, 0.1) is 0 Å². The van der Waals surface area contributed by atoms with E-state index >= 15 is 0 Å². The second-order valence-corrected chi connectivity index (χ2v) is 0. The summed E-state index contributed by atoms with van der Waals surface area (Å²) in [4.78, 5) is 0. The molecule has 1 radical (unpaired) electrons. The van der Waals surface area contributed by atoms with E-state index < -0.39 is 0 Å². The SMILES string of the molecule is F.O.O.[Mn]. The summed E-state index contributed by atoms with van der Waals surface area (Å²) in [5, 5.41) is 0. The first-order valence-electron chi connectivity index (χ1n) is 0. The molecule has 0 unspecified atom stereocenters. The molecule has 0 saturated carbocycles. The van der Waals surface area contributed by atoms with Gasteiger partial charge in [-0.2, -0.15) is 0 Å². The van der Waals surface area contributed by atoms with Crippen LogP contribution < -0.4 is 0 Å². The molecule has 0 heterocycles. The number of rotatable bonds is 0. The summed E-state index contributed by atoms with van der Waals surface area (Å²) >= 11 is 0. The standard InChI is InChI=1S/FH.Mn.2H2O/h1H;;2*1H2. The summed E-state index contributed by atoms with van der Waals surface area (Å²) in [6.07, 6.45) is 0. The average Bonchev–Trinajstić information content (AvgIpc) is 0. The van der Waals surface area contributed by atoms with Gasteiger partial charge in [0, 0.05) is 17.1 Å². The van der Waals surface area contributed by atoms with Crippen LogP contribution in [-0.4, -0.2) is 11.0 Å². The number of halogens is 1. The fourth-order valence-electron chi connectivity index (χ4n) is 0. The molecule has 0 saturated heterocycles. The van der Waals surface area contributed by atoms with Gasteiger partial charge in [0.2, 0.25) is 0 Å². The molecule has 0 aromatic heterocycles. The van der Waals surface area contributed by atoms with E-state index in [0.29, 0.717) is 0 Å². The Hall–Kier alpha value is 0.369. The van der Waals surface area contributed by atoms with E-state index in [2.05, 4.69) is 0 Å². The zero-order valence-corrected chi connectivity index (χ0v) is 2.97. The maximum Gasteiger partial charge on any atom is 0 e. The van der Waals surface area contributed by atoms with E-state index in [1.165, 1.54) is 0 Å². The van der Waals surface area contributed by atoms with E-state index in [1.54, 1.807) is 0 Å². The molecule has 31 valence electrons. The van der Waals surface area contributed by atoms with Crippen molar-refractivity contribution in [3.05, 3.63) is 0 Å². The van der Waals surface area contributed by atoms with Gasteiger partial charge in [0.05, 0.1) is 0 Å². The summed E-state index contributed by atoms with van der Waals surface area (Å²) in [7, 11) is 0. The molecule has 0 aliphatic heterocycles. The van der Waals surface area contributed by atoms with Crippen LogP contribution in [0.1, 0.15) is 0 Å². The molecule has 0 aliphatic rings. The smallest absolute Gasteiger partial charge is 0 e. The number of hydrogen-bond acceptors (Lipinski definition) is 0. The first-order valence-corrected chi connectivity index (χ1v) is 0. The van der Waals surface area contributed by atoms with Crippen LogP contribution in [0.4, 0.5) is 4.70 Å². The quantitative estimate of drug-likeness (QED) is 0.341. The molecular weight excluding hydrogens is 106 g/mol. The van der Waals surface area contributed by atoms with Crippen LogP contribution in [-0.2, 0) is 17.1 Å². The van der Waals surface area contributed by atoms with Crippen LogP contribution in [0.5, 0.6) is 0 Å². The third kappa shape index (κ3) is 32.6. The molecule has 4 heteroatoms. The van der Waals surface area contributed by atoms with Crippen molar-refractivity contribution in [3.8, 4) is 0 Å². The topological polar surface area (TPSA) is 63.0 Å². The van der Waals surface area contributed by atoms with Gasteiger partial charge in [0.1, 0.15) is 0 Å². The minimum Gasteiger partial charge on any atom is -0.412 e. The first-order chi connectivity index (χ1) is 0. The van der Waals surface area contributed by atoms with Crippen LogP contribution in [0.3, 0.4) is 0 Å². The minimum absolute atomic E-state index is 0. The van der Waals surface area contributed by atoms with Crippen molar-refractivity contribution in [2.75, 3.05) is 0 Å². The van der Waals surface area contributed by atoms with Gasteiger partial charge in [-0.15, -0.1) is 0 Å². The molecule has 0 aliphatic carbocycles. The molecule has 0 amide bonds. The third-order valence-electron chi connectivity index (χ3n) is 0. The van der Waals surface area contributed by atoms with Gasteiger partial charge in [-0.3, -0.25) is 4.70 Å². The van der Waals surface area contributed by atoms with Crippen LogP contribution in [0.2, 0.25) is 0 Å². The van der Waals surface area contributed by atoms with E-state index in [9.17, 15) is 0 Å². The largest absolute Gasteiger partial charge is 0.412 e. The summed E-state index contributed by atoms with van der Waals surface area (Å²) in [5.74, 6) is 0. The summed E-state index contributed by atoms with van der Waals surface area (Å²) in [6, 6.07) is 0. The maximum absolute atomic E-state index is 0. The number of hydrogen-bond donors (Lipinski definition) is 0. The Kier molecular flexibility index (Phi) is 12600. The zero-order valence-electron chi connectivity index (χ0n) is 1.79. The molecule has 0 aromatic carbocycles. The maximum atomic E-state index is 0. The Morgan fingerprint density at radius 2 is 0.750 bits per heavy atom. The van der Waals surface area contributed by atoms with Crippen molar-refractivity contribution in [3.63, 3.8) is 0 Å². The molecule has 0 fully saturated rings. The zero-order chi connectivity index (χ0) is 0. The Balaban J connectivity index is 0. The van der Waals surface area contributed by atoms with Crippen molar-refractivity contribution in [1.82, 2.24) is 0 Å². The average molecular weight is 111 g/mol. The van der Waals surface area contributed by atoms with Gasteiger partial charge >= 0.3 is 0 Å². The van der Waals surface area contributed by atoms with Crippen molar-refractivity contribution in [1.29, 1.82) is 0 Å². The molecule has 4 heavy (non-hydrogen) atoms. The minimum atomic E-state index is 0. The van der Waals surface area contributed by atoms with Crippen molar-refractivity contribution in [2.45, 2.75) is 0 Å². The van der Waals surface area contributed by atoms with Gasteiger partial charge in [-0.1, -0.05) is 0 Å². The monoisotopic (exact) mass is 111 g/mol. The van der Waals surface area contributed by atoms with Gasteiger partial charge in [-0.05, 0) is 0 Å². The van der Waals surface area contributed by atoms with Gasteiger partial charge < -0.3 is 11.0 Å². The van der Waals surface area contributed by atoms with E-state index in [4.69, 9.17) is 0 Å². The normalized spacial score (nSPS) is 0. The molecule has 0 spiro atoms. The molecule has 0 atom stereocenters. The van der Waals surface area contributed by atoms with Gasteiger partial charge in [-0.25, -0.2) is 0 Å². The third-order valence-corrected chi connectivity index (χ3v) is 0. The fraction of sp³-hybridized carbons (Fsp3) is 0. The van der Waals surface area contributed by atoms with Crippen LogP contribution >= 0.6 is 0 Å². The molecular formula is H5FMnO2. The first kappa shape index (κ1) is 363. The predicted octanol–water partition coefficient (Wildman–Crippen LogP) is -1.50. The van der Waals surface area contributed by atoms with E-state index in [1.807, 2.05) is 0 Å². The predicted molar refractivity (Wildman–Crippen MR) is 9.73 cm³/mol. The Labute approximate surface area is 33.7 Å². The van der Waals surface area contributed by atoms with Crippen LogP contribution in [0.15, 0.2) is 0 Å². The van der Waals surface area contributed by atoms with Crippen molar-refractivity contribution < 1.29 is 32.7 Å². The van der Waals surface area contributed by atoms with Crippen molar-refractivity contribution in [2.24, 2.45) is 0 Å². The molecule has 0 aromatic rings. The summed E-state index contributed by atoms with van der Waals surface area (Å²) in [5.41, 5.74) is 0. The molecule has 4 N–H and O–H groups in total. The Morgan fingerprint density at radius 3 is 0.750 bits per heavy atom. The van der Waals surface area contributed by atoms with E-state index in [-0.39, 0.29) is 32.7 Å². The second-order valence-electron chi connectivity index (χ2n) is 0. The van der Waals surface area contributed by atoms with Gasteiger partial charge in [0.15, 0.2) is 0 Å². The molecule has 0 rings (SSSR count). The van der Waals surface area contributed by atoms with Gasteiger partial charge in [0.25, 0.3) is 0 Å².